The predicted molar refractivity (Wildman–Crippen MR) is 137 cm³/mol. The van der Waals surface area contributed by atoms with Gasteiger partial charge in [0.2, 0.25) is 5.91 Å². The van der Waals surface area contributed by atoms with Gasteiger partial charge in [0.15, 0.2) is 0 Å². The normalized spacial score (nSPS) is 25.2. The van der Waals surface area contributed by atoms with Crippen LogP contribution in [0.3, 0.4) is 0 Å². The molecule has 0 bridgehead atoms. The fourth-order valence-corrected chi connectivity index (χ4v) is 6.36. The number of pyridine rings is 2. The van der Waals surface area contributed by atoms with Gasteiger partial charge in [0.25, 0.3) is 5.56 Å². The van der Waals surface area contributed by atoms with Crippen molar-refractivity contribution in [2.24, 2.45) is 11.8 Å². The van der Waals surface area contributed by atoms with Crippen molar-refractivity contribution in [1.82, 2.24) is 19.8 Å². The Morgan fingerprint density at radius 3 is 2.53 bits per heavy atom. The Hall–Kier alpha value is -3.29. The highest BCUT2D eigenvalue weighted by Crippen LogP contribution is 2.49. The lowest BCUT2D eigenvalue weighted by Gasteiger charge is -2.34. The fraction of sp³-hybridized carbons (Fsp3) is 0.414. The summed E-state index contributed by atoms with van der Waals surface area (Å²) in [4.78, 5) is 33.4. The molecule has 0 spiro atoms. The number of nitrogens with zero attached hydrogens (tertiary/aromatic N) is 3. The van der Waals surface area contributed by atoms with E-state index in [0.717, 1.165) is 36.9 Å². The van der Waals surface area contributed by atoms with Crippen LogP contribution in [0.2, 0.25) is 0 Å². The van der Waals surface area contributed by atoms with Gasteiger partial charge in [0, 0.05) is 61.2 Å². The molecule has 2 aliphatic heterocycles. The molecule has 2 fully saturated rings. The molecule has 1 amide bonds. The summed E-state index contributed by atoms with van der Waals surface area (Å²) >= 11 is 0. The molecular formula is C29H32N4O3. The zero-order valence-corrected chi connectivity index (χ0v) is 20.3. The summed E-state index contributed by atoms with van der Waals surface area (Å²) in [5.41, 5.74) is 3.62. The molecule has 1 aromatic carbocycles. The quantitative estimate of drug-likeness (QED) is 0.539. The average molecular weight is 485 g/mol. The average Bonchev–Trinajstić information content (AvgIpc) is 3.41. The summed E-state index contributed by atoms with van der Waals surface area (Å²) in [6, 6.07) is 17.7. The first-order valence-electron chi connectivity index (χ1n) is 13.0. The van der Waals surface area contributed by atoms with Gasteiger partial charge in [0.05, 0.1) is 12.1 Å². The van der Waals surface area contributed by atoms with Crippen LogP contribution in [-0.2, 0) is 17.8 Å². The topological polar surface area (TPSA) is 87.5 Å². The number of aromatic nitrogens is 2. The molecule has 1 saturated heterocycles. The van der Waals surface area contributed by atoms with Crippen LogP contribution in [0.1, 0.15) is 36.6 Å². The minimum atomic E-state index is -0.405. The van der Waals surface area contributed by atoms with E-state index in [4.69, 9.17) is 0 Å². The van der Waals surface area contributed by atoms with Crippen molar-refractivity contribution in [2.75, 3.05) is 13.2 Å². The van der Waals surface area contributed by atoms with Gasteiger partial charge in [-0.25, -0.2) is 0 Å². The summed E-state index contributed by atoms with van der Waals surface area (Å²) in [7, 11) is 0. The van der Waals surface area contributed by atoms with E-state index in [1.165, 1.54) is 5.56 Å². The van der Waals surface area contributed by atoms with Crippen LogP contribution in [0.4, 0.5) is 0 Å². The lowest BCUT2D eigenvalue weighted by molar-refractivity contribution is -0.129. The van der Waals surface area contributed by atoms with Crippen LogP contribution in [0, 0.1) is 11.8 Å². The van der Waals surface area contributed by atoms with Crippen LogP contribution < -0.4 is 10.9 Å². The molecule has 3 aromatic rings. The molecule has 1 aliphatic carbocycles. The zero-order chi connectivity index (χ0) is 24.6. The fourth-order valence-electron chi connectivity index (χ4n) is 6.36. The molecule has 0 unspecified atom stereocenters. The number of hydrogen-bond acceptors (Lipinski definition) is 5. The maximum Gasteiger partial charge on any atom is 0.258 e. The number of fused-ring (bicyclic) bond motifs is 3. The van der Waals surface area contributed by atoms with Crippen molar-refractivity contribution in [3.63, 3.8) is 0 Å². The number of likely N-dealkylation sites (tertiary alicyclic amines) is 1. The van der Waals surface area contributed by atoms with Crippen molar-refractivity contribution in [1.29, 1.82) is 0 Å². The smallest absolute Gasteiger partial charge is 0.258 e. The Morgan fingerprint density at radius 1 is 1.06 bits per heavy atom. The van der Waals surface area contributed by atoms with Crippen molar-refractivity contribution < 1.29 is 9.90 Å². The van der Waals surface area contributed by atoms with E-state index >= 15 is 0 Å². The number of aliphatic hydroxyl groups is 1. The number of aliphatic hydroxyl groups excluding tert-OH is 1. The Balaban J connectivity index is 1.36. The monoisotopic (exact) mass is 484 g/mol. The first-order valence-corrected chi connectivity index (χ1v) is 13.0. The number of carbonyl (C=O) groups is 1. The molecule has 3 aliphatic rings. The Kier molecular flexibility index (Phi) is 6.19. The van der Waals surface area contributed by atoms with Crippen molar-refractivity contribution in [3.8, 4) is 11.1 Å². The number of benzene rings is 1. The first kappa shape index (κ1) is 23.1. The van der Waals surface area contributed by atoms with Crippen LogP contribution in [0.25, 0.3) is 11.1 Å². The Labute approximate surface area is 210 Å². The van der Waals surface area contributed by atoms with E-state index in [9.17, 15) is 14.7 Å². The van der Waals surface area contributed by atoms with Gasteiger partial charge < -0.3 is 15.0 Å². The van der Waals surface area contributed by atoms with Gasteiger partial charge in [-0.15, -0.1) is 0 Å². The largest absolute Gasteiger partial charge is 0.396 e. The third-order valence-electron chi connectivity index (χ3n) is 8.40. The number of carbonyl (C=O) groups excluding carboxylic acids is 1. The second-order valence-corrected chi connectivity index (χ2v) is 10.3. The number of hydrogen-bond donors (Lipinski definition) is 2. The van der Waals surface area contributed by atoms with E-state index in [-0.39, 0.29) is 42.0 Å². The van der Waals surface area contributed by atoms with E-state index < -0.39 is 6.04 Å². The van der Waals surface area contributed by atoms with Crippen molar-refractivity contribution in [3.05, 3.63) is 88.6 Å². The summed E-state index contributed by atoms with van der Waals surface area (Å²) in [6.07, 6.45) is 7.39. The maximum absolute atomic E-state index is 13.6. The van der Waals surface area contributed by atoms with Gasteiger partial charge in [-0.3, -0.25) is 19.5 Å². The lowest BCUT2D eigenvalue weighted by Crippen LogP contribution is -2.52. The van der Waals surface area contributed by atoms with Gasteiger partial charge >= 0.3 is 0 Å². The number of nitrogens with one attached hydrogen (secondary N) is 1. The van der Waals surface area contributed by atoms with E-state index in [1.54, 1.807) is 12.4 Å². The van der Waals surface area contributed by atoms with Gasteiger partial charge in [-0.05, 0) is 61.1 Å². The molecule has 6 rings (SSSR count). The molecule has 36 heavy (non-hydrogen) atoms. The van der Waals surface area contributed by atoms with Gasteiger partial charge in [-0.2, -0.15) is 0 Å². The predicted octanol–water partition coefficient (Wildman–Crippen LogP) is 2.79. The van der Waals surface area contributed by atoms with Crippen LogP contribution in [-0.4, -0.2) is 50.7 Å². The summed E-state index contributed by atoms with van der Waals surface area (Å²) in [5, 5.41) is 13.8. The lowest BCUT2D eigenvalue weighted by atomic mass is 9.87. The highest BCUT2D eigenvalue weighted by molar-refractivity contribution is 5.83. The van der Waals surface area contributed by atoms with Crippen molar-refractivity contribution >= 4 is 5.91 Å². The number of amides is 1. The molecule has 4 atom stereocenters. The van der Waals surface area contributed by atoms with Crippen LogP contribution >= 0.6 is 0 Å². The molecule has 1 saturated carbocycles. The van der Waals surface area contributed by atoms with E-state index in [2.05, 4.69) is 27.3 Å². The van der Waals surface area contributed by atoms with E-state index in [0.29, 0.717) is 18.7 Å². The SMILES string of the molecule is O=C(NC1CCC1)[C@H]1[C@H](CO)[C@H]2Cn3c(ccc(-c4ccncc4)c3=O)[C@H]2N1CCc1ccccc1. The second-order valence-electron chi connectivity index (χ2n) is 10.3. The second kappa shape index (κ2) is 9.64. The Morgan fingerprint density at radius 2 is 1.83 bits per heavy atom. The third kappa shape index (κ3) is 3.96. The Bertz CT molecular complexity index is 1290. The first-order chi connectivity index (χ1) is 17.7. The maximum atomic E-state index is 13.6. The molecule has 4 heterocycles. The molecular weight excluding hydrogens is 452 g/mol. The summed E-state index contributed by atoms with van der Waals surface area (Å²) in [5.74, 6) is -0.207. The minimum Gasteiger partial charge on any atom is -0.396 e. The highest BCUT2D eigenvalue weighted by Gasteiger charge is 2.55. The highest BCUT2D eigenvalue weighted by atomic mass is 16.3. The molecule has 2 aromatic heterocycles. The summed E-state index contributed by atoms with van der Waals surface area (Å²) < 4.78 is 1.86. The molecule has 7 heteroatoms. The van der Waals surface area contributed by atoms with Crippen LogP contribution in [0.5, 0.6) is 0 Å². The molecule has 0 radical (unpaired) electrons. The minimum absolute atomic E-state index is 0.00306. The zero-order valence-electron chi connectivity index (χ0n) is 20.3. The van der Waals surface area contributed by atoms with Crippen LogP contribution in [0.15, 0.2) is 71.8 Å². The summed E-state index contributed by atoms with van der Waals surface area (Å²) in [6.45, 7) is 1.12. The number of rotatable bonds is 7. The van der Waals surface area contributed by atoms with Gasteiger partial charge in [-0.1, -0.05) is 30.3 Å². The van der Waals surface area contributed by atoms with Gasteiger partial charge in [0.1, 0.15) is 0 Å². The van der Waals surface area contributed by atoms with E-state index in [1.807, 2.05) is 47.0 Å². The molecule has 2 N–H and O–H groups in total. The van der Waals surface area contributed by atoms with Crippen molar-refractivity contribution in [2.45, 2.75) is 50.4 Å². The standard InChI is InChI=1S/C29H32N4O3/c34-18-24-23-17-33-25(10-9-22(29(33)36)20-11-14-30-15-12-20)26(23)32(16-13-19-5-2-1-3-6-19)27(24)28(35)31-21-7-4-8-21/h1-3,5-6,9-12,14-15,21,23-24,26-27,34H,4,7-8,13,16-18H2,(H,31,35)/t23-,24-,26+,27-/m1/s1. The molecule has 186 valence electrons. The third-order valence-corrected chi connectivity index (χ3v) is 8.40. The molecule has 7 nitrogen and oxygen atoms in total.